The van der Waals surface area contributed by atoms with Gasteiger partial charge in [0.2, 0.25) is 0 Å². The average molecular weight is 430 g/mol. The fraction of sp³-hybridized carbons (Fsp3) is 0.304. The molecule has 1 aliphatic heterocycles. The van der Waals surface area contributed by atoms with E-state index in [0.29, 0.717) is 29.5 Å². The molecular formula is C23H20ClN7. The summed E-state index contributed by atoms with van der Waals surface area (Å²) in [5.74, 6) is -0.969. The first-order chi connectivity index (χ1) is 14.9. The van der Waals surface area contributed by atoms with Crippen LogP contribution in [0.5, 0.6) is 0 Å². The summed E-state index contributed by atoms with van der Waals surface area (Å²) in [5.41, 5.74) is 7.62. The third-order valence-corrected chi connectivity index (χ3v) is 6.57. The highest BCUT2D eigenvalue weighted by Crippen LogP contribution is 2.55. The Morgan fingerprint density at radius 1 is 1.19 bits per heavy atom. The highest BCUT2D eigenvalue weighted by Gasteiger charge is 2.55. The van der Waals surface area contributed by atoms with Crippen molar-refractivity contribution in [3.63, 3.8) is 0 Å². The van der Waals surface area contributed by atoms with Crippen LogP contribution >= 0.6 is 11.6 Å². The van der Waals surface area contributed by atoms with E-state index in [1.54, 1.807) is 4.68 Å². The maximum atomic E-state index is 10.2. The van der Waals surface area contributed by atoms with E-state index in [9.17, 15) is 15.8 Å². The first kappa shape index (κ1) is 20.7. The summed E-state index contributed by atoms with van der Waals surface area (Å²) >= 11 is 6.85. The van der Waals surface area contributed by atoms with Gasteiger partial charge >= 0.3 is 0 Å². The third kappa shape index (κ3) is 2.93. The van der Waals surface area contributed by atoms with Gasteiger partial charge in [0.15, 0.2) is 5.41 Å². The Morgan fingerprint density at radius 3 is 2.48 bits per heavy atom. The highest BCUT2D eigenvalue weighted by molar-refractivity contribution is 6.30. The maximum absolute atomic E-state index is 10.2. The molecule has 0 spiro atoms. The van der Waals surface area contributed by atoms with Crippen molar-refractivity contribution < 1.29 is 0 Å². The van der Waals surface area contributed by atoms with Crippen molar-refractivity contribution in [3.8, 4) is 23.9 Å². The maximum Gasteiger partial charge on any atom is 0.191 e. The summed E-state index contributed by atoms with van der Waals surface area (Å²) in [6.45, 7) is 3.03. The van der Waals surface area contributed by atoms with Crippen LogP contribution in [0.15, 0.2) is 53.3 Å². The molecule has 2 heterocycles. The van der Waals surface area contributed by atoms with Crippen LogP contribution in [0.1, 0.15) is 17.2 Å². The molecule has 0 amide bonds. The third-order valence-electron chi connectivity index (χ3n) is 6.21. The number of halogens is 1. The number of allylic oxidation sites excluding steroid dienone is 2. The molecular weight excluding hydrogens is 410 g/mol. The summed E-state index contributed by atoms with van der Waals surface area (Å²) in [7, 11) is 1.96. The van der Waals surface area contributed by atoms with E-state index in [0.717, 1.165) is 11.3 Å². The van der Waals surface area contributed by atoms with Crippen LogP contribution in [0.3, 0.4) is 0 Å². The van der Waals surface area contributed by atoms with Gasteiger partial charge in [-0.1, -0.05) is 35.9 Å². The van der Waals surface area contributed by atoms with Crippen molar-refractivity contribution in [2.45, 2.75) is 12.8 Å². The Hall–Kier alpha value is -3.57. The molecule has 0 saturated carbocycles. The lowest BCUT2D eigenvalue weighted by molar-refractivity contribution is 0.237. The number of rotatable bonds is 2. The number of hydrogen-bond acceptors (Lipinski definition) is 6. The fourth-order valence-corrected chi connectivity index (χ4v) is 5.13. The van der Waals surface area contributed by atoms with Crippen molar-refractivity contribution in [1.29, 1.82) is 15.8 Å². The number of para-hydroxylation sites is 1. The molecule has 4 rings (SSSR count). The Labute approximate surface area is 185 Å². The van der Waals surface area contributed by atoms with Gasteiger partial charge < -0.3 is 10.6 Å². The molecule has 2 atom stereocenters. The molecule has 2 N–H and O–H groups in total. The molecule has 0 bridgehead atoms. The van der Waals surface area contributed by atoms with E-state index < -0.39 is 11.3 Å². The molecule has 1 aromatic heterocycles. The predicted octanol–water partition coefficient (Wildman–Crippen LogP) is 3.19. The summed E-state index contributed by atoms with van der Waals surface area (Å²) in [6.07, 6.45) is 1.95. The number of likely N-dealkylation sites (N-methyl/N-ethyl adjacent to an activating group) is 1. The first-order valence-electron chi connectivity index (χ1n) is 9.81. The lowest BCUT2D eigenvalue weighted by Crippen LogP contribution is -2.47. The zero-order chi connectivity index (χ0) is 22.3. The van der Waals surface area contributed by atoms with Crippen molar-refractivity contribution in [1.82, 2.24) is 14.7 Å². The van der Waals surface area contributed by atoms with E-state index in [2.05, 4.69) is 28.2 Å². The molecule has 7 nitrogen and oxygen atoms in total. The summed E-state index contributed by atoms with van der Waals surface area (Å²) in [4.78, 5) is 2.09. The fourth-order valence-electron chi connectivity index (χ4n) is 4.74. The molecule has 0 unspecified atom stereocenters. The van der Waals surface area contributed by atoms with Gasteiger partial charge in [0, 0.05) is 30.5 Å². The lowest BCUT2D eigenvalue weighted by Gasteiger charge is -2.44. The van der Waals surface area contributed by atoms with Gasteiger partial charge in [-0.2, -0.15) is 20.9 Å². The van der Waals surface area contributed by atoms with Gasteiger partial charge in [0.05, 0.1) is 34.8 Å². The smallest absolute Gasteiger partial charge is 0.191 e. The van der Waals surface area contributed by atoms with Gasteiger partial charge in [0.1, 0.15) is 11.2 Å². The molecule has 2 aliphatic rings. The normalized spacial score (nSPS) is 22.6. The SMILES string of the molecule is Cc1nn(-c2ccccc2)c(Cl)c1[C@@H]1[C@H]2CN(C)CC=C2C(C#N)=C(N)C1(C#N)C#N. The second-order valence-electron chi connectivity index (χ2n) is 7.93. The minimum Gasteiger partial charge on any atom is -0.399 e. The second-order valence-corrected chi connectivity index (χ2v) is 8.29. The van der Waals surface area contributed by atoms with Crippen LogP contribution < -0.4 is 5.73 Å². The van der Waals surface area contributed by atoms with Crippen molar-refractivity contribution >= 4 is 11.6 Å². The number of nitrogens with two attached hydrogens (primary N) is 1. The minimum atomic E-state index is -1.73. The minimum absolute atomic E-state index is 0.0139. The van der Waals surface area contributed by atoms with E-state index in [1.165, 1.54) is 0 Å². The van der Waals surface area contributed by atoms with Crippen molar-refractivity contribution in [3.05, 3.63) is 69.7 Å². The van der Waals surface area contributed by atoms with Crippen LogP contribution in [-0.4, -0.2) is 34.8 Å². The molecule has 154 valence electrons. The zero-order valence-electron chi connectivity index (χ0n) is 17.2. The van der Waals surface area contributed by atoms with Gasteiger partial charge in [0.25, 0.3) is 0 Å². The molecule has 1 aromatic carbocycles. The van der Waals surface area contributed by atoms with Crippen LogP contribution in [0, 0.1) is 52.2 Å². The summed E-state index contributed by atoms with van der Waals surface area (Å²) in [6, 6.07) is 15.9. The molecule has 0 radical (unpaired) electrons. The summed E-state index contributed by atoms with van der Waals surface area (Å²) in [5, 5.41) is 35.2. The Kier molecular flexibility index (Phi) is 5.07. The number of aromatic nitrogens is 2. The molecule has 31 heavy (non-hydrogen) atoms. The first-order valence-corrected chi connectivity index (χ1v) is 10.2. The van der Waals surface area contributed by atoms with E-state index >= 15 is 0 Å². The number of fused-ring (bicyclic) bond motifs is 1. The lowest BCUT2D eigenvalue weighted by atomic mass is 9.58. The van der Waals surface area contributed by atoms with Gasteiger partial charge in [-0.25, -0.2) is 4.68 Å². The monoisotopic (exact) mass is 429 g/mol. The number of aryl methyl sites for hydroxylation is 1. The highest BCUT2D eigenvalue weighted by atomic mass is 35.5. The van der Waals surface area contributed by atoms with Gasteiger partial charge in [-0.15, -0.1) is 0 Å². The number of benzene rings is 1. The van der Waals surface area contributed by atoms with Gasteiger partial charge in [-0.3, -0.25) is 0 Å². The Balaban J connectivity index is 2.03. The Morgan fingerprint density at radius 2 is 1.87 bits per heavy atom. The van der Waals surface area contributed by atoms with Crippen LogP contribution in [0.25, 0.3) is 5.69 Å². The Bertz CT molecular complexity index is 1220. The molecule has 8 heteroatoms. The topological polar surface area (TPSA) is 118 Å². The largest absolute Gasteiger partial charge is 0.399 e. The second kappa shape index (κ2) is 7.60. The molecule has 0 saturated heterocycles. The molecule has 2 aromatic rings. The van der Waals surface area contributed by atoms with Crippen LogP contribution in [0.4, 0.5) is 0 Å². The number of hydrogen-bond donors (Lipinski definition) is 1. The van der Waals surface area contributed by atoms with Gasteiger partial charge in [-0.05, 0) is 31.7 Å². The quantitative estimate of drug-likeness (QED) is 0.782. The number of nitriles is 3. The van der Waals surface area contributed by atoms with Crippen molar-refractivity contribution in [2.75, 3.05) is 20.1 Å². The van der Waals surface area contributed by atoms with Crippen LogP contribution in [-0.2, 0) is 0 Å². The number of nitrogens with zero attached hydrogens (tertiary/aromatic N) is 6. The molecule has 1 aliphatic carbocycles. The molecule has 0 fully saturated rings. The zero-order valence-corrected chi connectivity index (χ0v) is 17.9. The standard InChI is InChI=1S/C23H20ClN7/c1-14-19(22(24)31(29-14)15-6-4-3-5-7-15)20-18-11-30(2)9-8-16(18)17(10-25)21(28)23(20,12-26)13-27/h3-8,18,20H,9,11,28H2,1-2H3/t18-,20-/m0/s1. The average Bonchev–Trinajstić information content (AvgIpc) is 3.07. The van der Waals surface area contributed by atoms with E-state index in [4.69, 9.17) is 17.3 Å². The van der Waals surface area contributed by atoms with E-state index in [1.807, 2.05) is 50.4 Å². The van der Waals surface area contributed by atoms with Crippen LogP contribution in [0.2, 0.25) is 5.15 Å². The van der Waals surface area contributed by atoms with Crippen molar-refractivity contribution in [2.24, 2.45) is 17.1 Å². The van der Waals surface area contributed by atoms with E-state index in [-0.39, 0.29) is 17.2 Å². The predicted molar refractivity (Wildman–Crippen MR) is 116 cm³/mol. The summed E-state index contributed by atoms with van der Waals surface area (Å²) < 4.78 is 1.61.